The molecule has 7 nitrogen and oxygen atoms in total. The third-order valence-electron chi connectivity index (χ3n) is 4.08. The van der Waals surface area contributed by atoms with Crippen molar-refractivity contribution >= 4 is 5.96 Å². The first-order chi connectivity index (χ1) is 12.0. The Kier molecular flexibility index (Phi) is 6.38. The molecule has 0 aliphatic heterocycles. The standard InChI is InChI=1S/C18H28N6O/c1-6-19-17(20-11-16-22-13-23-24(16)4)21-12-18(2,3)14-8-7-9-15(10-14)25-5/h7-10,13H,6,11-12H2,1-5H3,(H2,19,20,21). The molecule has 1 heterocycles. The summed E-state index contributed by atoms with van der Waals surface area (Å²) in [7, 11) is 3.55. The van der Waals surface area contributed by atoms with Crippen LogP contribution < -0.4 is 15.4 Å². The van der Waals surface area contributed by atoms with Crippen LogP contribution in [0, 0.1) is 0 Å². The van der Waals surface area contributed by atoms with Crippen LogP contribution in [0.3, 0.4) is 0 Å². The summed E-state index contributed by atoms with van der Waals surface area (Å²) < 4.78 is 7.06. The molecule has 2 rings (SSSR count). The summed E-state index contributed by atoms with van der Waals surface area (Å²) in [5.41, 5.74) is 1.14. The minimum absolute atomic E-state index is 0.0739. The van der Waals surface area contributed by atoms with Crippen molar-refractivity contribution in [3.8, 4) is 5.75 Å². The van der Waals surface area contributed by atoms with Gasteiger partial charge in [-0.25, -0.2) is 9.98 Å². The number of guanidine groups is 1. The molecule has 0 aliphatic rings. The molecule has 1 aromatic heterocycles. The molecular weight excluding hydrogens is 316 g/mol. The van der Waals surface area contributed by atoms with Gasteiger partial charge >= 0.3 is 0 Å². The van der Waals surface area contributed by atoms with Gasteiger partial charge in [0.1, 0.15) is 24.4 Å². The summed E-state index contributed by atoms with van der Waals surface area (Å²) in [6.07, 6.45) is 1.54. The predicted molar refractivity (Wildman–Crippen MR) is 99.8 cm³/mol. The highest BCUT2D eigenvalue weighted by molar-refractivity contribution is 5.79. The van der Waals surface area contributed by atoms with E-state index in [9.17, 15) is 0 Å². The van der Waals surface area contributed by atoms with Crippen LogP contribution >= 0.6 is 0 Å². The van der Waals surface area contributed by atoms with Crippen molar-refractivity contribution in [3.63, 3.8) is 0 Å². The normalized spacial score (nSPS) is 12.1. The Morgan fingerprint density at radius 1 is 1.32 bits per heavy atom. The maximum absolute atomic E-state index is 5.33. The lowest BCUT2D eigenvalue weighted by Gasteiger charge is -2.27. The minimum atomic E-state index is -0.0739. The zero-order valence-corrected chi connectivity index (χ0v) is 15.7. The van der Waals surface area contributed by atoms with E-state index < -0.39 is 0 Å². The largest absolute Gasteiger partial charge is 0.497 e. The smallest absolute Gasteiger partial charge is 0.191 e. The van der Waals surface area contributed by atoms with Gasteiger partial charge in [-0.1, -0.05) is 26.0 Å². The average Bonchev–Trinajstić information content (AvgIpc) is 3.02. The molecule has 0 unspecified atom stereocenters. The zero-order chi connectivity index (χ0) is 18.3. The van der Waals surface area contributed by atoms with Crippen LogP contribution in [0.15, 0.2) is 35.6 Å². The third kappa shape index (κ3) is 5.20. The van der Waals surface area contributed by atoms with Crippen molar-refractivity contribution in [2.75, 3.05) is 20.2 Å². The van der Waals surface area contributed by atoms with Gasteiger partial charge in [0.15, 0.2) is 5.96 Å². The molecule has 0 saturated heterocycles. The van der Waals surface area contributed by atoms with Gasteiger partial charge in [-0.2, -0.15) is 5.10 Å². The molecular formula is C18H28N6O. The Bertz CT molecular complexity index is 707. The van der Waals surface area contributed by atoms with Crippen LogP contribution in [0.2, 0.25) is 0 Å². The molecule has 7 heteroatoms. The Morgan fingerprint density at radius 2 is 2.12 bits per heavy atom. The van der Waals surface area contributed by atoms with E-state index in [1.54, 1.807) is 11.8 Å². The van der Waals surface area contributed by atoms with Crippen molar-refractivity contribution in [1.29, 1.82) is 0 Å². The van der Waals surface area contributed by atoms with E-state index in [2.05, 4.69) is 51.7 Å². The van der Waals surface area contributed by atoms with Crippen molar-refractivity contribution in [2.45, 2.75) is 32.7 Å². The van der Waals surface area contributed by atoms with Gasteiger partial charge in [-0.05, 0) is 24.6 Å². The quantitative estimate of drug-likeness (QED) is 0.592. The Morgan fingerprint density at radius 3 is 2.76 bits per heavy atom. The van der Waals surface area contributed by atoms with Gasteiger partial charge in [0, 0.05) is 25.6 Å². The van der Waals surface area contributed by atoms with Crippen LogP contribution in [-0.2, 0) is 19.0 Å². The van der Waals surface area contributed by atoms with Gasteiger partial charge in [-0.3, -0.25) is 4.68 Å². The number of benzene rings is 1. The Balaban J connectivity index is 2.04. The van der Waals surface area contributed by atoms with Crippen molar-refractivity contribution < 1.29 is 4.74 Å². The molecule has 2 N–H and O–H groups in total. The molecule has 0 aliphatic carbocycles. The maximum Gasteiger partial charge on any atom is 0.191 e. The molecule has 0 saturated carbocycles. The number of aromatic nitrogens is 3. The first kappa shape index (κ1) is 18.8. The zero-order valence-electron chi connectivity index (χ0n) is 15.7. The maximum atomic E-state index is 5.33. The third-order valence-corrected chi connectivity index (χ3v) is 4.08. The molecule has 0 radical (unpaired) electrons. The van der Waals surface area contributed by atoms with Crippen LogP contribution in [0.4, 0.5) is 0 Å². The minimum Gasteiger partial charge on any atom is -0.497 e. The van der Waals surface area contributed by atoms with E-state index in [-0.39, 0.29) is 5.41 Å². The highest BCUT2D eigenvalue weighted by Crippen LogP contribution is 2.25. The van der Waals surface area contributed by atoms with Crippen LogP contribution in [0.25, 0.3) is 0 Å². The summed E-state index contributed by atoms with van der Waals surface area (Å²) in [5, 5.41) is 10.8. The number of hydrogen-bond acceptors (Lipinski definition) is 4. The number of hydrogen-bond donors (Lipinski definition) is 2. The number of nitrogens with zero attached hydrogens (tertiary/aromatic N) is 4. The van der Waals surface area contributed by atoms with E-state index >= 15 is 0 Å². The molecule has 0 fully saturated rings. The highest BCUT2D eigenvalue weighted by Gasteiger charge is 2.21. The number of aryl methyl sites for hydroxylation is 1. The topological polar surface area (TPSA) is 76.4 Å². The van der Waals surface area contributed by atoms with E-state index in [1.165, 1.54) is 11.9 Å². The summed E-state index contributed by atoms with van der Waals surface area (Å²) >= 11 is 0. The van der Waals surface area contributed by atoms with Crippen LogP contribution in [0.1, 0.15) is 32.2 Å². The number of methoxy groups -OCH3 is 1. The fourth-order valence-corrected chi connectivity index (χ4v) is 2.41. The fourth-order valence-electron chi connectivity index (χ4n) is 2.41. The van der Waals surface area contributed by atoms with Crippen molar-refractivity contribution in [3.05, 3.63) is 42.0 Å². The predicted octanol–water partition coefficient (Wildman–Crippen LogP) is 1.86. The highest BCUT2D eigenvalue weighted by atomic mass is 16.5. The average molecular weight is 344 g/mol. The van der Waals surface area contributed by atoms with Crippen molar-refractivity contribution in [2.24, 2.45) is 12.0 Å². The lowest BCUT2D eigenvalue weighted by atomic mass is 9.84. The first-order valence-corrected chi connectivity index (χ1v) is 8.46. The van der Waals surface area contributed by atoms with Crippen molar-refractivity contribution in [1.82, 2.24) is 25.4 Å². The van der Waals surface area contributed by atoms with Gasteiger partial charge in [0.25, 0.3) is 0 Å². The number of nitrogens with one attached hydrogen (secondary N) is 2. The lowest BCUT2D eigenvalue weighted by molar-refractivity contribution is 0.411. The molecule has 1 aromatic carbocycles. The Labute approximate surface area is 149 Å². The number of aliphatic imine (C=N–C) groups is 1. The summed E-state index contributed by atoms with van der Waals surface area (Å²) in [4.78, 5) is 8.79. The molecule has 0 amide bonds. The molecule has 136 valence electrons. The van der Waals surface area contributed by atoms with Gasteiger partial charge in [0.2, 0.25) is 0 Å². The first-order valence-electron chi connectivity index (χ1n) is 8.46. The second kappa shape index (κ2) is 8.50. The molecule has 0 atom stereocenters. The second-order valence-electron chi connectivity index (χ2n) is 6.46. The van der Waals surface area contributed by atoms with E-state index in [0.29, 0.717) is 6.54 Å². The number of rotatable bonds is 7. The van der Waals surface area contributed by atoms with Crippen LogP contribution in [-0.4, -0.2) is 40.9 Å². The summed E-state index contributed by atoms with van der Waals surface area (Å²) in [6, 6.07) is 8.17. The summed E-state index contributed by atoms with van der Waals surface area (Å²) in [6.45, 7) is 8.45. The lowest BCUT2D eigenvalue weighted by Crippen LogP contribution is -2.43. The molecule has 0 spiro atoms. The Hall–Kier alpha value is -2.57. The van der Waals surface area contributed by atoms with E-state index in [0.717, 1.165) is 30.6 Å². The number of ether oxygens (including phenoxy) is 1. The van der Waals surface area contributed by atoms with E-state index in [4.69, 9.17) is 4.74 Å². The van der Waals surface area contributed by atoms with Gasteiger partial charge < -0.3 is 15.4 Å². The van der Waals surface area contributed by atoms with Crippen LogP contribution in [0.5, 0.6) is 5.75 Å². The molecule has 0 bridgehead atoms. The van der Waals surface area contributed by atoms with E-state index in [1.807, 2.05) is 26.1 Å². The van der Waals surface area contributed by atoms with Gasteiger partial charge in [0.05, 0.1) is 7.11 Å². The molecule has 25 heavy (non-hydrogen) atoms. The molecule has 2 aromatic rings. The fraction of sp³-hybridized carbons (Fsp3) is 0.500. The van der Waals surface area contributed by atoms with Gasteiger partial charge in [-0.15, -0.1) is 0 Å². The SMILES string of the molecule is CCNC(=NCc1ncnn1C)NCC(C)(C)c1cccc(OC)c1. The summed E-state index contributed by atoms with van der Waals surface area (Å²) in [5.74, 6) is 2.46. The monoisotopic (exact) mass is 344 g/mol. The second-order valence-corrected chi connectivity index (χ2v) is 6.46.